The van der Waals surface area contributed by atoms with E-state index in [1.807, 2.05) is 39.6 Å². The average Bonchev–Trinajstić information content (AvgIpc) is 3.57. The number of allylic oxidation sites excluding steroid dienone is 2. The van der Waals surface area contributed by atoms with E-state index < -0.39 is 11.7 Å². The van der Waals surface area contributed by atoms with Crippen LogP contribution in [-0.2, 0) is 17.9 Å². The summed E-state index contributed by atoms with van der Waals surface area (Å²) in [6, 6.07) is 8.30. The SMILES string of the molecule is O=C1CCC(c2cnc3ccccn23)=C1c1cn2c3c(cc(F)cc13)CN(C(=O)N1CCC(F)(F)CC1)CC2. The molecule has 5 heterocycles. The van der Waals surface area contributed by atoms with Crippen molar-refractivity contribution in [3.05, 3.63) is 71.6 Å². The Labute approximate surface area is 222 Å². The molecule has 1 aromatic carbocycles. The number of carbonyl (C=O) groups excluding carboxylic acids is 2. The lowest BCUT2D eigenvalue weighted by atomic mass is 9.98. The normalized spacial score (nSPS) is 19.4. The number of rotatable bonds is 2. The summed E-state index contributed by atoms with van der Waals surface area (Å²) < 4.78 is 46.3. The highest BCUT2D eigenvalue weighted by atomic mass is 19.3. The van der Waals surface area contributed by atoms with Crippen LogP contribution in [0, 0.1) is 5.82 Å². The fraction of sp³-hybridized carbons (Fsp3) is 0.345. The summed E-state index contributed by atoms with van der Waals surface area (Å²) in [4.78, 5) is 34.1. The lowest BCUT2D eigenvalue weighted by Gasteiger charge is -2.35. The van der Waals surface area contributed by atoms with Crippen molar-refractivity contribution in [2.45, 2.75) is 44.7 Å². The standard InChI is InChI=1S/C29H26F3N5O2/c30-19-13-18-16-36(28(39)34-9-6-29(31,32)7-10-34)12-11-35-17-22(21(14-19)27(18)35)26-20(4-5-24(26)38)23-15-33-25-3-1-2-8-37(23)25/h1-3,8,13-15,17H,4-7,9-12,16H2. The van der Waals surface area contributed by atoms with Gasteiger partial charge in [0.15, 0.2) is 5.78 Å². The van der Waals surface area contributed by atoms with Crippen molar-refractivity contribution >= 4 is 39.5 Å². The summed E-state index contributed by atoms with van der Waals surface area (Å²) in [5.41, 5.74) is 5.21. The number of hydrogen-bond donors (Lipinski definition) is 0. The van der Waals surface area contributed by atoms with Gasteiger partial charge in [-0.3, -0.25) is 9.20 Å². The van der Waals surface area contributed by atoms with Gasteiger partial charge in [-0.05, 0) is 41.8 Å². The number of fused-ring (bicyclic) bond motifs is 1. The van der Waals surface area contributed by atoms with Crippen molar-refractivity contribution in [1.82, 2.24) is 23.8 Å². The summed E-state index contributed by atoms with van der Waals surface area (Å²) in [7, 11) is 0. The Hall–Kier alpha value is -4.08. The molecule has 7 rings (SSSR count). The van der Waals surface area contributed by atoms with Crippen molar-refractivity contribution in [3.63, 3.8) is 0 Å². The number of likely N-dealkylation sites (tertiary alicyclic amines) is 1. The maximum atomic E-state index is 15.0. The zero-order chi connectivity index (χ0) is 26.9. The van der Waals surface area contributed by atoms with Crippen LogP contribution in [-0.4, -0.2) is 61.1 Å². The molecule has 1 saturated heterocycles. The molecule has 3 aromatic heterocycles. The Bertz CT molecular complexity index is 1690. The second-order valence-corrected chi connectivity index (χ2v) is 10.6. The van der Waals surface area contributed by atoms with Crippen LogP contribution in [0.3, 0.4) is 0 Å². The number of Topliss-reactive ketones (excluding diaryl/α,β-unsaturated/α-hetero) is 1. The Morgan fingerprint density at radius 3 is 2.64 bits per heavy atom. The zero-order valence-corrected chi connectivity index (χ0v) is 21.2. The van der Waals surface area contributed by atoms with Crippen LogP contribution in [0.15, 0.2) is 48.9 Å². The highest BCUT2D eigenvalue weighted by Gasteiger charge is 2.37. The van der Waals surface area contributed by atoms with Gasteiger partial charge >= 0.3 is 6.03 Å². The predicted octanol–water partition coefficient (Wildman–Crippen LogP) is 5.37. The number of halogens is 3. The van der Waals surface area contributed by atoms with Crippen molar-refractivity contribution < 1.29 is 22.8 Å². The number of piperidine rings is 1. The summed E-state index contributed by atoms with van der Waals surface area (Å²) in [6.45, 7) is 0.950. The Morgan fingerprint density at radius 2 is 1.82 bits per heavy atom. The molecule has 0 radical (unpaired) electrons. The van der Waals surface area contributed by atoms with Crippen LogP contribution in [0.1, 0.15) is 42.5 Å². The molecule has 7 nitrogen and oxygen atoms in total. The van der Waals surface area contributed by atoms with E-state index in [0.29, 0.717) is 48.0 Å². The van der Waals surface area contributed by atoms with Crippen LogP contribution in [0.25, 0.3) is 27.7 Å². The summed E-state index contributed by atoms with van der Waals surface area (Å²) in [5.74, 6) is -3.18. The van der Waals surface area contributed by atoms with Crippen molar-refractivity contribution in [2.75, 3.05) is 19.6 Å². The van der Waals surface area contributed by atoms with Gasteiger partial charge in [0.05, 0.1) is 17.4 Å². The molecule has 0 saturated carbocycles. The molecule has 0 unspecified atom stereocenters. The molecule has 2 aliphatic heterocycles. The predicted molar refractivity (Wildman–Crippen MR) is 140 cm³/mol. The van der Waals surface area contributed by atoms with E-state index in [4.69, 9.17) is 0 Å². The Balaban J connectivity index is 1.30. The number of aromatic nitrogens is 3. The first-order chi connectivity index (χ1) is 18.8. The molecule has 10 heteroatoms. The van der Waals surface area contributed by atoms with Gasteiger partial charge in [0.25, 0.3) is 5.92 Å². The quantitative estimate of drug-likeness (QED) is 0.348. The highest BCUT2D eigenvalue weighted by Crippen LogP contribution is 2.42. The van der Waals surface area contributed by atoms with E-state index >= 15 is 4.39 Å². The van der Waals surface area contributed by atoms with E-state index in [9.17, 15) is 18.4 Å². The smallest absolute Gasteiger partial charge is 0.320 e. The van der Waals surface area contributed by atoms with E-state index in [2.05, 4.69) is 4.98 Å². The van der Waals surface area contributed by atoms with Crippen LogP contribution in [0.2, 0.25) is 0 Å². The highest BCUT2D eigenvalue weighted by molar-refractivity contribution is 6.33. The summed E-state index contributed by atoms with van der Waals surface area (Å²) >= 11 is 0. The Kier molecular flexibility index (Phi) is 5.37. The fourth-order valence-electron chi connectivity index (χ4n) is 6.27. The first-order valence-electron chi connectivity index (χ1n) is 13.2. The van der Waals surface area contributed by atoms with Gasteiger partial charge < -0.3 is 14.4 Å². The van der Waals surface area contributed by atoms with Crippen LogP contribution in [0.5, 0.6) is 0 Å². The second-order valence-electron chi connectivity index (χ2n) is 10.6. The number of urea groups is 1. The lowest BCUT2D eigenvalue weighted by molar-refractivity contribution is -0.113. The molecule has 2 amide bonds. The lowest BCUT2D eigenvalue weighted by Crippen LogP contribution is -2.49. The number of nitrogens with zero attached hydrogens (tertiary/aromatic N) is 5. The van der Waals surface area contributed by atoms with E-state index in [0.717, 1.165) is 22.4 Å². The minimum Gasteiger partial charge on any atom is -0.345 e. The molecule has 39 heavy (non-hydrogen) atoms. The fourth-order valence-corrected chi connectivity index (χ4v) is 6.27. The number of benzene rings is 1. The van der Waals surface area contributed by atoms with E-state index in [-0.39, 0.29) is 44.3 Å². The molecule has 4 aromatic rings. The first kappa shape index (κ1) is 24.0. The van der Waals surface area contributed by atoms with E-state index in [1.54, 1.807) is 11.1 Å². The van der Waals surface area contributed by atoms with Gasteiger partial charge in [0.2, 0.25) is 0 Å². The Morgan fingerprint density at radius 1 is 1.00 bits per heavy atom. The number of ketones is 1. The molecule has 200 valence electrons. The third-order valence-corrected chi connectivity index (χ3v) is 8.20. The molecule has 3 aliphatic rings. The topological polar surface area (TPSA) is 62.9 Å². The molecule has 0 spiro atoms. The number of amides is 2. The average molecular weight is 534 g/mol. The zero-order valence-electron chi connectivity index (χ0n) is 21.2. The largest absolute Gasteiger partial charge is 0.345 e. The van der Waals surface area contributed by atoms with Gasteiger partial charge in [0.1, 0.15) is 11.5 Å². The third-order valence-electron chi connectivity index (χ3n) is 8.20. The second kappa shape index (κ2) is 8.72. The van der Waals surface area contributed by atoms with Gasteiger partial charge in [-0.1, -0.05) is 6.07 Å². The minimum atomic E-state index is -2.74. The number of alkyl halides is 2. The van der Waals surface area contributed by atoms with Crippen LogP contribution in [0.4, 0.5) is 18.0 Å². The molecule has 0 N–H and O–H groups in total. The number of pyridine rings is 1. The molecular formula is C29H26F3N5O2. The molecule has 0 atom stereocenters. The molecular weight excluding hydrogens is 507 g/mol. The van der Waals surface area contributed by atoms with Crippen LogP contribution >= 0.6 is 0 Å². The first-order valence-corrected chi connectivity index (χ1v) is 13.2. The maximum Gasteiger partial charge on any atom is 0.320 e. The van der Waals surface area contributed by atoms with Gasteiger partial charge in [0, 0.05) is 80.9 Å². The summed E-state index contributed by atoms with van der Waals surface area (Å²) in [6.07, 6.45) is 5.83. The minimum absolute atomic E-state index is 0.000321. The van der Waals surface area contributed by atoms with Crippen LogP contribution < -0.4 is 0 Å². The number of imidazole rings is 1. The van der Waals surface area contributed by atoms with E-state index in [1.165, 1.54) is 17.0 Å². The molecule has 1 fully saturated rings. The number of hydrogen-bond acceptors (Lipinski definition) is 3. The summed E-state index contributed by atoms with van der Waals surface area (Å²) in [5, 5.41) is 0.633. The van der Waals surface area contributed by atoms with Gasteiger partial charge in [-0.15, -0.1) is 0 Å². The molecule has 0 bridgehead atoms. The van der Waals surface area contributed by atoms with Gasteiger partial charge in [-0.2, -0.15) is 0 Å². The third kappa shape index (κ3) is 3.92. The van der Waals surface area contributed by atoms with Gasteiger partial charge in [-0.25, -0.2) is 22.9 Å². The number of carbonyl (C=O) groups is 2. The monoisotopic (exact) mass is 533 g/mol. The van der Waals surface area contributed by atoms with Crippen molar-refractivity contribution in [2.24, 2.45) is 0 Å². The molecule has 1 aliphatic carbocycles. The maximum absolute atomic E-state index is 15.0. The van der Waals surface area contributed by atoms with Crippen molar-refractivity contribution in [1.29, 1.82) is 0 Å². The van der Waals surface area contributed by atoms with Crippen molar-refractivity contribution in [3.8, 4) is 0 Å².